The zero-order valence-corrected chi connectivity index (χ0v) is 11.1. The predicted molar refractivity (Wildman–Crippen MR) is 73.6 cm³/mol. The Bertz CT molecular complexity index is 601. The number of halogens is 2. The molecule has 0 aliphatic rings. The fourth-order valence-electron chi connectivity index (χ4n) is 1.79. The van der Waals surface area contributed by atoms with Gasteiger partial charge in [-0.15, -0.1) is 0 Å². The summed E-state index contributed by atoms with van der Waals surface area (Å²) in [5.74, 6) is -0.971. The maximum Gasteiger partial charge on any atom is 0.336 e. The van der Waals surface area contributed by atoms with Gasteiger partial charge in [0.05, 0.1) is 5.56 Å². The van der Waals surface area contributed by atoms with Crippen LogP contribution in [0.3, 0.4) is 0 Å². The van der Waals surface area contributed by atoms with Gasteiger partial charge in [0.2, 0.25) is 0 Å². The van der Waals surface area contributed by atoms with Crippen molar-refractivity contribution in [2.45, 2.75) is 6.92 Å². The Balaban J connectivity index is 2.68. The molecule has 2 nitrogen and oxygen atoms in total. The lowest BCUT2D eigenvalue weighted by Crippen LogP contribution is -1.99. The summed E-state index contributed by atoms with van der Waals surface area (Å²) in [6, 6.07) is 10.2. The third kappa shape index (κ3) is 2.66. The van der Waals surface area contributed by atoms with Crippen molar-refractivity contribution in [3.8, 4) is 11.1 Å². The first-order chi connectivity index (χ1) is 8.47. The van der Waals surface area contributed by atoms with Crippen molar-refractivity contribution in [2.75, 3.05) is 0 Å². The molecule has 0 radical (unpaired) electrons. The molecule has 0 spiro atoms. The number of benzene rings is 2. The topological polar surface area (TPSA) is 37.3 Å². The molecule has 0 saturated heterocycles. The van der Waals surface area contributed by atoms with E-state index in [4.69, 9.17) is 23.2 Å². The monoisotopic (exact) mass is 280 g/mol. The Kier molecular flexibility index (Phi) is 3.60. The molecular weight excluding hydrogens is 271 g/mol. The molecule has 0 saturated carbocycles. The molecule has 0 bridgehead atoms. The molecule has 0 heterocycles. The lowest BCUT2D eigenvalue weighted by Gasteiger charge is -2.08. The van der Waals surface area contributed by atoms with Gasteiger partial charge in [-0.2, -0.15) is 0 Å². The molecule has 0 atom stereocenters. The van der Waals surface area contributed by atoms with E-state index in [1.807, 2.05) is 13.0 Å². The quantitative estimate of drug-likeness (QED) is 0.868. The number of carboxylic acids is 1. The van der Waals surface area contributed by atoms with Crippen LogP contribution in [-0.2, 0) is 0 Å². The standard InChI is InChI=1S/C14H10Cl2O2/c1-8-2-3-12(14(17)18)13(4-8)9-5-10(15)7-11(16)6-9/h2-7H,1H3,(H,17,18). The van der Waals surface area contributed by atoms with E-state index in [0.29, 0.717) is 21.2 Å². The maximum atomic E-state index is 11.2. The fraction of sp³-hybridized carbons (Fsp3) is 0.0714. The number of rotatable bonds is 2. The van der Waals surface area contributed by atoms with E-state index in [1.54, 1.807) is 30.3 Å². The number of hydrogen-bond acceptors (Lipinski definition) is 1. The van der Waals surface area contributed by atoms with Gasteiger partial charge >= 0.3 is 5.97 Å². The molecule has 0 aliphatic heterocycles. The second-order valence-corrected chi connectivity index (χ2v) is 4.89. The average molecular weight is 281 g/mol. The van der Waals surface area contributed by atoms with Gasteiger partial charge in [-0.25, -0.2) is 4.79 Å². The number of aromatic carboxylic acids is 1. The fourth-order valence-corrected chi connectivity index (χ4v) is 2.32. The summed E-state index contributed by atoms with van der Waals surface area (Å²) >= 11 is 11.9. The zero-order valence-electron chi connectivity index (χ0n) is 9.58. The van der Waals surface area contributed by atoms with E-state index in [9.17, 15) is 9.90 Å². The number of carboxylic acid groups (broad SMARTS) is 1. The summed E-state index contributed by atoms with van der Waals surface area (Å²) in [5.41, 5.74) is 2.53. The van der Waals surface area contributed by atoms with Crippen molar-refractivity contribution in [2.24, 2.45) is 0 Å². The van der Waals surface area contributed by atoms with Gasteiger partial charge in [0.1, 0.15) is 0 Å². The van der Waals surface area contributed by atoms with Gasteiger partial charge in [0.25, 0.3) is 0 Å². The van der Waals surface area contributed by atoms with Crippen LogP contribution in [0.15, 0.2) is 36.4 Å². The second-order valence-electron chi connectivity index (χ2n) is 4.01. The zero-order chi connectivity index (χ0) is 13.3. The highest BCUT2D eigenvalue weighted by Gasteiger charge is 2.12. The van der Waals surface area contributed by atoms with Crippen LogP contribution in [0.25, 0.3) is 11.1 Å². The van der Waals surface area contributed by atoms with Gasteiger partial charge in [-0.05, 0) is 42.3 Å². The van der Waals surface area contributed by atoms with Gasteiger partial charge in [0.15, 0.2) is 0 Å². The third-order valence-corrected chi connectivity index (χ3v) is 3.02. The van der Waals surface area contributed by atoms with Gasteiger partial charge in [-0.3, -0.25) is 0 Å². The number of hydrogen-bond donors (Lipinski definition) is 1. The summed E-state index contributed by atoms with van der Waals surface area (Å²) in [6.07, 6.45) is 0. The van der Waals surface area contributed by atoms with Crippen LogP contribution in [0.1, 0.15) is 15.9 Å². The van der Waals surface area contributed by atoms with Crippen LogP contribution in [0.2, 0.25) is 10.0 Å². The summed E-state index contributed by atoms with van der Waals surface area (Å²) in [5, 5.41) is 10.2. The number of aryl methyl sites for hydroxylation is 1. The van der Waals surface area contributed by atoms with E-state index in [0.717, 1.165) is 5.56 Å². The van der Waals surface area contributed by atoms with Crippen molar-refractivity contribution in [3.63, 3.8) is 0 Å². The first-order valence-electron chi connectivity index (χ1n) is 5.28. The Morgan fingerprint density at radius 1 is 1.06 bits per heavy atom. The predicted octanol–water partition coefficient (Wildman–Crippen LogP) is 4.67. The normalized spacial score (nSPS) is 10.4. The summed E-state index contributed by atoms with van der Waals surface area (Å²) in [6.45, 7) is 1.90. The minimum Gasteiger partial charge on any atom is -0.478 e. The Labute approximate surface area is 115 Å². The number of carbonyl (C=O) groups is 1. The summed E-state index contributed by atoms with van der Waals surface area (Å²) in [4.78, 5) is 11.2. The second kappa shape index (κ2) is 5.01. The third-order valence-electron chi connectivity index (χ3n) is 2.58. The molecule has 2 rings (SSSR count). The maximum absolute atomic E-state index is 11.2. The lowest BCUT2D eigenvalue weighted by atomic mass is 9.97. The molecule has 18 heavy (non-hydrogen) atoms. The summed E-state index contributed by atoms with van der Waals surface area (Å²) < 4.78 is 0. The smallest absolute Gasteiger partial charge is 0.336 e. The molecular formula is C14H10Cl2O2. The molecule has 2 aromatic rings. The highest BCUT2D eigenvalue weighted by Crippen LogP contribution is 2.30. The van der Waals surface area contributed by atoms with Crippen molar-refractivity contribution < 1.29 is 9.90 Å². The molecule has 0 aromatic heterocycles. The van der Waals surface area contributed by atoms with Crippen LogP contribution in [0.5, 0.6) is 0 Å². The summed E-state index contributed by atoms with van der Waals surface area (Å²) in [7, 11) is 0. The van der Waals surface area contributed by atoms with Crippen LogP contribution in [0, 0.1) is 6.92 Å². The first-order valence-corrected chi connectivity index (χ1v) is 6.03. The highest BCUT2D eigenvalue weighted by molar-refractivity contribution is 6.35. The highest BCUT2D eigenvalue weighted by atomic mass is 35.5. The van der Waals surface area contributed by atoms with Crippen LogP contribution < -0.4 is 0 Å². The molecule has 0 aliphatic carbocycles. The van der Waals surface area contributed by atoms with Gasteiger partial charge in [-0.1, -0.05) is 40.9 Å². The SMILES string of the molecule is Cc1ccc(C(=O)O)c(-c2cc(Cl)cc(Cl)c2)c1. The van der Waals surface area contributed by atoms with Crippen LogP contribution in [0.4, 0.5) is 0 Å². The van der Waals surface area contributed by atoms with Gasteiger partial charge in [0, 0.05) is 10.0 Å². The van der Waals surface area contributed by atoms with Crippen LogP contribution in [-0.4, -0.2) is 11.1 Å². The van der Waals surface area contributed by atoms with E-state index < -0.39 is 5.97 Å². The van der Waals surface area contributed by atoms with Crippen molar-refractivity contribution in [1.82, 2.24) is 0 Å². The van der Waals surface area contributed by atoms with E-state index in [1.165, 1.54) is 0 Å². The minimum absolute atomic E-state index is 0.235. The molecule has 2 aromatic carbocycles. The minimum atomic E-state index is -0.971. The Hall–Kier alpha value is -1.51. The van der Waals surface area contributed by atoms with Crippen molar-refractivity contribution in [1.29, 1.82) is 0 Å². The van der Waals surface area contributed by atoms with E-state index >= 15 is 0 Å². The van der Waals surface area contributed by atoms with Crippen molar-refractivity contribution in [3.05, 3.63) is 57.6 Å². The first kappa shape index (κ1) is 12.9. The molecule has 0 fully saturated rings. The Morgan fingerprint density at radius 3 is 2.22 bits per heavy atom. The van der Waals surface area contributed by atoms with Crippen LogP contribution >= 0.6 is 23.2 Å². The molecule has 0 amide bonds. The van der Waals surface area contributed by atoms with E-state index in [-0.39, 0.29) is 5.56 Å². The average Bonchev–Trinajstić information content (AvgIpc) is 2.27. The van der Waals surface area contributed by atoms with Crippen molar-refractivity contribution >= 4 is 29.2 Å². The largest absolute Gasteiger partial charge is 0.478 e. The molecule has 92 valence electrons. The molecule has 0 unspecified atom stereocenters. The van der Waals surface area contributed by atoms with E-state index in [2.05, 4.69) is 0 Å². The molecule has 1 N–H and O–H groups in total. The van der Waals surface area contributed by atoms with Gasteiger partial charge < -0.3 is 5.11 Å². The Morgan fingerprint density at radius 2 is 1.67 bits per heavy atom. The molecule has 4 heteroatoms. The lowest BCUT2D eigenvalue weighted by molar-refractivity contribution is 0.0697.